The standard InChI is InChI=1S/C13H9F2NO2/c14-10-1-2-12(15)9(6-10)5-8-3-4-16-7-11(8)13(17)18/h1-4,6-7H,5H2,(H,17,18). The van der Waals surface area contributed by atoms with E-state index in [1.165, 1.54) is 18.5 Å². The first-order valence-corrected chi connectivity index (χ1v) is 5.18. The number of hydrogen-bond acceptors (Lipinski definition) is 2. The third kappa shape index (κ3) is 2.51. The topological polar surface area (TPSA) is 50.2 Å². The Kier molecular flexibility index (Phi) is 3.32. The third-order valence-corrected chi connectivity index (χ3v) is 2.53. The second-order valence-corrected chi connectivity index (χ2v) is 3.75. The van der Waals surface area contributed by atoms with Gasteiger partial charge < -0.3 is 5.11 Å². The van der Waals surface area contributed by atoms with Crippen LogP contribution in [0.1, 0.15) is 21.5 Å². The van der Waals surface area contributed by atoms with Crippen LogP contribution in [0.3, 0.4) is 0 Å². The normalized spacial score (nSPS) is 10.3. The summed E-state index contributed by atoms with van der Waals surface area (Å²) < 4.78 is 26.5. The molecule has 0 unspecified atom stereocenters. The van der Waals surface area contributed by atoms with Crippen molar-refractivity contribution in [1.82, 2.24) is 4.98 Å². The van der Waals surface area contributed by atoms with Crippen LogP contribution in [0.15, 0.2) is 36.7 Å². The first kappa shape index (κ1) is 12.2. The predicted octanol–water partition coefficient (Wildman–Crippen LogP) is 2.65. The molecule has 92 valence electrons. The molecule has 2 rings (SSSR count). The first-order chi connectivity index (χ1) is 8.58. The van der Waals surface area contributed by atoms with Crippen molar-refractivity contribution in [3.63, 3.8) is 0 Å². The average Bonchev–Trinajstić information content (AvgIpc) is 2.34. The van der Waals surface area contributed by atoms with E-state index in [0.717, 1.165) is 18.2 Å². The fraction of sp³-hybridized carbons (Fsp3) is 0.0769. The molecule has 1 heterocycles. The van der Waals surface area contributed by atoms with Gasteiger partial charge in [0.15, 0.2) is 0 Å². The molecule has 0 aliphatic rings. The second-order valence-electron chi connectivity index (χ2n) is 3.75. The summed E-state index contributed by atoms with van der Waals surface area (Å²) in [5.41, 5.74) is 0.492. The zero-order valence-corrected chi connectivity index (χ0v) is 9.23. The molecular formula is C13H9F2NO2. The molecule has 0 bridgehead atoms. The van der Waals surface area contributed by atoms with E-state index < -0.39 is 17.6 Å². The Labute approximate surface area is 102 Å². The SMILES string of the molecule is O=C(O)c1cnccc1Cc1cc(F)ccc1F. The zero-order chi connectivity index (χ0) is 13.1. The molecule has 0 spiro atoms. The van der Waals surface area contributed by atoms with Gasteiger partial charge in [0.25, 0.3) is 0 Å². The molecule has 0 atom stereocenters. The second kappa shape index (κ2) is 4.91. The van der Waals surface area contributed by atoms with E-state index in [0.29, 0.717) is 5.56 Å². The fourth-order valence-electron chi connectivity index (χ4n) is 1.65. The molecule has 1 aromatic carbocycles. The summed E-state index contributed by atoms with van der Waals surface area (Å²) in [6.07, 6.45) is 2.61. The summed E-state index contributed by atoms with van der Waals surface area (Å²) in [6, 6.07) is 4.57. The number of pyridine rings is 1. The van der Waals surface area contributed by atoms with Crippen LogP contribution in [0.5, 0.6) is 0 Å². The van der Waals surface area contributed by atoms with E-state index in [9.17, 15) is 13.6 Å². The van der Waals surface area contributed by atoms with Crippen molar-refractivity contribution in [2.75, 3.05) is 0 Å². The Morgan fingerprint density at radius 3 is 2.72 bits per heavy atom. The molecule has 18 heavy (non-hydrogen) atoms. The maximum Gasteiger partial charge on any atom is 0.337 e. The molecule has 0 amide bonds. The average molecular weight is 249 g/mol. The van der Waals surface area contributed by atoms with Crippen LogP contribution in [0.4, 0.5) is 8.78 Å². The minimum absolute atomic E-state index is 0.00769. The van der Waals surface area contributed by atoms with Crippen LogP contribution < -0.4 is 0 Å². The van der Waals surface area contributed by atoms with Gasteiger partial charge in [-0.3, -0.25) is 4.98 Å². The zero-order valence-electron chi connectivity index (χ0n) is 9.23. The number of aromatic carboxylic acids is 1. The summed E-state index contributed by atoms with van der Waals surface area (Å²) in [5.74, 6) is -2.27. The Morgan fingerprint density at radius 2 is 2.00 bits per heavy atom. The van der Waals surface area contributed by atoms with Crippen molar-refractivity contribution in [3.05, 3.63) is 65.0 Å². The maximum atomic E-state index is 13.5. The smallest absolute Gasteiger partial charge is 0.337 e. The lowest BCUT2D eigenvalue weighted by atomic mass is 10.0. The van der Waals surface area contributed by atoms with Gasteiger partial charge in [-0.1, -0.05) is 0 Å². The number of nitrogens with zero attached hydrogens (tertiary/aromatic N) is 1. The van der Waals surface area contributed by atoms with Gasteiger partial charge in [0.2, 0.25) is 0 Å². The summed E-state index contributed by atoms with van der Waals surface area (Å²) in [4.78, 5) is 14.7. The van der Waals surface area contributed by atoms with E-state index in [2.05, 4.69) is 4.98 Å². The van der Waals surface area contributed by atoms with Gasteiger partial charge in [-0.25, -0.2) is 13.6 Å². The number of hydrogen-bond donors (Lipinski definition) is 1. The first-order valence-electron chi connectivity index (χ1n) is 5.18. The van der Waals surface area contributed by atoms with Crippen LogP contribution >= 0.6 is 0 Å². The van der Waals surface area contributed by atoms with Gasteiger partial charge in [-0.2, -0.15) is 0 Å². The van der Waals surface area contributed by atoms with E-state index in [-0.39, 0.29) is 17.5 Å². The van der Waals surface area contributed by atoms with E-state index in [1.807, 2.05) is 0 Å². The number of aromatic nitrogens is 1. The van der Waals surface area contributed by atoms with Gasteiger partial charge in [-0.15, -0.1) is 0 Å². The van der Waals surface area contributed by atoms with Crippen LogP contribution in [-0.2, 0) is 6.42 Å². The molecule has 1 aromatic heterocycles. The fourth-order valence-corrected chi connectivity index (χ4v) is 1.65. The third-order valence-electron chi connectivity index (χ3n) is 2.53. The number of carboxylic acid groups (broad SMARTS) is 1. The maximum absolute atomic E-state index is 13.5. The highest BCUT2D eigenvalue weighted by Crippen LogP contribution is 2.17. The highest BCUT2D eigenvalue weighted by atomic mass is 19.1. The Balaban J connectivity index is 2.40. The number of benzene rings is 1. The molecule has 3 nitrogen and oxygen atoms in total. The van der Waals surface area contributed by atoms with Crippen LogP contribution in [0.25, 0.3) is 0 Å². The van der Waals surface area contributed by atoms with Gasteiger partial charge in [-0.05, 0) is 35.4 Å². The van der Waals surface area contributed by atoms with Crippen LogP contribution in [0, 0.1) is 11.6 Å². The van der Waals surface area contributed by atoms with Crippen molar-refractivity contribution in [2.24, 2.45) is 0 Å². The summed E-state index contributed by atoms with van der Waals surface area (Å²) in [5, 5.41) is 8.96. The van der Waals surface area contributed by atoms with Gasteiger partial charge in [0, 0.05) is 18.8 Å². The number of rotatable bonds is 3. The molecule has 0 saturated heterocycles. The lowest BCUT2D eigenvalue weighted by Crippen LogP contribution is -2.04. The molecule has 0 aliphatic heterocycles. The molecule has 5 heteroatoms. The van der Waals surface area contributed by atoms with Crippen molar-refractivity contribution in [1.29, 1.82) is 0 Å². The molecule has 0 aliphatic carbocycles. The largest absolute Gasteiger partial charge is 0.478 e. The van der Waals surface area contributed by atoms with Crippen molar-refractivity contribution in [3.8, 4) is 0 Å². The Bertz CT molecular complexity index is 599. The molecular weight excluding hydrogens is 240 g/mol. The minimum atomic E-state index is -1.14. The van der Waals surface area contributed by atoms with Crippen LogP contribution in [-0.4, -0.2) is 16.1 Å². The molecule has 0 saturated carbocycles. The number of carbonyl (C=O) groups is 1. The van der Waals surface area contributed by atoms with E-state index in [1.54, 1.807) is 0 Å². The van der Waals surface area contributed by atoms with E-state index in [4.69, 9.17) is 5.11 Å². The molecule has 0 fully saturated rings. The van der Waals surface area contributed by atoms with Gasteiger partial charge in [0.1, 0.15) is 11.6 Å². The van der Waals surface area contributed by atoms with Gasteiger partial charge >= 0.3 is 5.97 Å². The van der Waals surface area contributed by atoms with Crippen molar-refractivity contribution >= 4 is 5.97 Å². The van der Waals surface area contributed by atoms with Crippen molar-refractivity contribution < 1.29 is 18.7 Å². The summed E-state index contributed by atoms with van der Waals surface area (Å²) >= 11 is 0. The minimum Gasteiger partial charge on any atom is -0.478 e. The monoisotopic (exact) mass is 249 g/mol. The highest BCUT2D eigenvalue weighted by molar-refractivity contribution is 5.89. The predicted molar refractivity (Wildman–Crippen MR) is 60.4 cm³/mol. The number of halogens is 2. The molecule has 0 radical (unpaired) electrons. The van der Waals surface area contributed by atoms with Crippen LogP contribution in [0.2, 0.25) is 0 Å². The molecule has 1 N–H and O–H groups in total. The summed E-state index contributed by atoms with van der Waals surface area (Å²) in [6.45, 7) is 0. The molecule has 2 aromatic rings. The van der Waals surface area contributed by atoms with Crippen molar-refractivity contribution in [2.45, 2.75) is 6.42 Å². The summed E-state index contributed by atoms with van der Waals surface area (Å²) in [7, 11) is 0. The Morgan fingerprint density at radius 1 is 1.22 bits per heavy atom. The van der Waals surface area contributed by atoms with E-state index >= 15 is 0 Å². The lowest BCUT2D eigenvalue weighted by Gasteiger charge is -2.06. The number of carboxylic acids is 1. The van der Waals surface area contributed by atoms with Gasteiger partial charge in [0.05, 0.1) is 5.56 Å². The lowest BCUT2D eigenvalue weighted by molar-refractivity contribution is 0.0695. The highest BCUT2D eigenvalue weighted by Gasteiger charge is 2.12. The Hall–Kier alpha value is -2.30. The quantitative estimate of drug-likeness (QED) is 0.909.